The van der Waals surface area contributed by atoms with Gasteiger partial charge in [0.2, 0.25) is 0 Å². The van der Waals surface area contributed by atoms with Gasteiger partial charge >= 0.3 is 0 Å². The molecule has 0 bridgehead atoms. The summed E-state index contributed by atoms with van der Waals surface area (Å²) >= 11 is 0. The zero-order chi connectivity index (χ0) is 15.8. The molecule has 1 unspecified atom stereocenters. The predicted molar refractivity (Wildman–Crippen MR) is 102 cm³/mol. The van der Waals surface area contributed by atoms with Crippen molar-refractivity contribution < 1.29 is 9.13 Å². The minimum Gasteiger partial charge on any atom is -0.379 e. The van der Waals surface area contributed by atoms with E-state index >= 15 is 0 Å². The zero-order valence-electron chi connectivity index (χ0n) is 13.5. The number of guanidine groups is 1. The fourth-order valence-electron chi connectivity index (χ4n) is 2.50. The summed E-state index contributed by atoms with van der Waals surface area (Å²) in [4.78, 5) is 6.76. The first-order chi connectivity index (χ1) is 10.7. The quantitative estimate of drug-likeness (QED) is 0.408. The summed E-state index contributed by atoms with van der Waals surface area (Å²) in [6, 6.07) is 6.71. The average molecular weight is 436 g/mol. The molecule has 2 rings (SSSR count). The van der Waals surface area contributed by atoms with Gasteiger partial charge in [0.25, 0.3) is 0 Å². The van der Waals surface area contributed by atoms with Crippen LogP contribution in [0.3, 0.4) is 0 Å². The predicted octanol–water partition coefficient (Wildman–Crippen LogP) is 2.13. The van der Waals surface area contributed by atoms with Crippen LogP contribution in [0.1, 0.15) is 24.9 Å². The van der Waals surface area contributed by atoms with Crippen LogP contribution in [0, 0.1) is 5.82 Å². The van der Waals surface area contributed by atoms with E-state index in [-0.39, 0.29) is 35.8 Å². The lowest BCUT2D eigenvalue weighted by molar-refractivity contribution is 0.0179. The van der Waals surface area contributed by atoms with Gasteiger partial charge in [0.05, 0.1) is 25.8 Å². The molecule has 0 radical (unpaired) electrons. The molecule has 3 N–H and O–H groups in total. The third-order valence-electron chi connectivity index (χ3n) is 3.73. The van der Waals surface area contributed by atoms with E-state index in [1.54, 1.807) is 0 Å². The van der Waals surface area contributed by atoms with Gasteiger partial charge in [-0.25, -0.2) is 4.39 Å². The Morgan fingerprint density at radius 2 is 2.00 bits per heavy atom. The van der Waals surface area contributed by atoms with Crippen molar-refractivity contribution in [2.24, 2.45) is 10.7 Å². The molecule has 0 aromatic heterocycles. The number of hydrogen-bond acceptors (Lipinski definition) is 3. The number of nitrogens with one attached hydrogen (secondary N) is 1. The van der Waals surface area contributed by atoms with E-state index < -0.39 is 0 Å². The number of aliphatic imine (C=N–C) groups is 1. The maximum absolute atomic E-state index is 13.2. The standard InChI is InChI=1S/C16H25FN4O.HI/c1-2-7-19-16(18)20-12-15(21-8-10-22-11-9-21)13-3-5-14(17)6-4-13;/h3-6,15H,2,7-12H2,1H3,(H3,18,19,20);1H. The highest BCUT2D eigenvalue weighted by Gasteiger charge is 2.22. The van der Waals surface area contributed by atoms with Crippen LogP contribution in [0.25, 0.3) is 0 Å². The van der Waals surface area contributed by atoms with Crippen molar-refractivity contribution in [3.63, 3.8) is 0 Å². The summed E-state index contributed by atoms with van der Waals surface area (Å²) in [5.74, 6) is 0.235. The highest BCUT2D eigenvalue weighted by Crippen LogP contribution is 2.22. The minimum atomic E-state index is -0.225. The molecule has 1 aliphatic rings. The average Bonchev–Trinajstić information content (AvgIpc) is 2.55. The molecule has 0 spiro atoms. The molecule has 1 aromatic rings. The molecule has 0 amide bonds. The van der Waals surface area contributed by atoms with Crippen molar-refractivity contribution in [2.45, 2.75) is 19.4 Å². The van der Waals surface area contributed by atoms with Crippen LogP contribution >= 0.6 is 24.0 Å². The number of nitrogens with two attached hydrogens (primary N) is 1. The van der Waals surface area contributed by atoms with Crippen molar-refractivity contribution in [1.29, 1.82) is 0 Å². The van der Waals surface area contributed by atoms with Crippen LogP contribution in [0.4, 0.5) is 4.39 Å². The van der Waals surface area contributed by atoms with E-state index in [9.17, 15) is 4.39 Å². The maximum Gasteiger partial charge on any atom is 0.188 e. The second kappa shape index (κ2) is 10.8. The van der Waals surface area contributed by atoms with E-state index in [1.807, 2.05) is 12.1 Å². The van der Waals surface area contributed by atoms with Gasteiger partial charge in [-0.3, -0.25) is 9.89 Å². The highest BCUT2D eigenvalue weighted by atomic mass is 127. The van der Waals surface area contributed by atoms with Gasteiger partial charge in [-0.2, -0.15) is 0 Å². The number of halogens is 2. The number of morpholine rings is 1. The van der Waals surface area contributed by atoms with Crippen LogP contribution in [-0.4, -0.2) is 50.3 Å². The topological polar surface area (TPSA) is 62.9 Å². The van der Waals surface area contributed by atoms with E-state index in [2.05, 4.69) is 22.1 Å². The summed E-state index contributed by atoms with van der Waals surface area (Å²) < 4.78 is 18.6. The van der Waals surface area contributed by atoms with E-state index in [0.29, 0.717) is 25.7 Å². The first-order valence-electron chi connectivity index (χ1n) is 7.81. The molecule has 23 heavy (non-hydrogen) atoms. The van der Waals surface area contributed by atoms with Gasteiger partial charge in [0, 0.05) is 19.6 Å². The largest absolute Gasteiger partial charge is 0.379 e. The molecule has 1 aliphatic heterocycles. The number of nitrogens with zero attached hydrogens (tertiary/aromatic N) is 2. The van der Waals surface area contributed by atoms with Crippen LogP contribution in [0.5, 0.6) is 0 Å². The fourth-order valence-corrected chi connectivity index (χ4v) is 2.50. The van der Waals surface area contributed by atoms with Crippen molar-refractivity contribution >= 4 is 29.9 Å². The SMILES string of the molecule is CCCNC(N)=NCC(c1ccc(F)cc1)N1CCOCC1.I. The highest BCUT2D eigenvalue weighted by molar-refractivity contribution is 14.0. The lowest BCUT2D eigenvalue weighted by Crippen LogP contribution is -2.41. The van der Waals surface area contributed by atoms with Crippen LogP contribution in [0.15, 0.2) is 29.3 Å². The molecule has 0 aliphatic carbocycles. The third kappa shape index (κ3) is 6.60. The summed E-state index contributed by atoms with van der Waals surface area (Å²) in [6.45, 7) is 6.56. The Bertz CT molecular complexity index is 477. The minimum absolute atomic E-state index is 0. The smallest absolute Gasteiger partial charge is 0.188 e. The molecule has 7 heteroatoms. The molecule has 0 saturated carbocycles. The van der Waals surface area contributed by atoms with Gasteiger partial charge in [-0.15, -0.1) is 24.0 Å². The first kappa shape index (κ1) is 20.1. The lowest BCUT2D eigenvalue weighted by Gasteiger charge is -2.34. The van der Waals surface area contributed by atoms with Crippen molar-refractivity contribution in [2.75, 3.05) is 39.4 Å². The Morgan fingerprint density at radius 1 is 1.35 bits per heavy atom. The first-order valence-corrected chi connectivity index (χ1v) is 7.81. The van der Waals surface area contributed by atoms with Gasteiger partial charge < -0.3 is 15.8 Å². The monoisotopic (exact) mass is 436 g/mol. The van der Waals surface area contributed by atoms with E-state index in [0.717, 1.165) is 31.6 Å². The van der Waals surface area contributed by atoms with Crippen LogP contribution < -0.4 is 11.1 Å². The number of rotatable bonds is 6. The molecule has 1 fully saturated rings. The van der Waals surface area contributed by atoms with Gasteiger partial charge in [0.15, 0.2) is 5.96 Å². The Hall–Kier alpha value is -0.930. The molecular formula is C16H26FIN4O. The summed E-state index contributed by atoms with van der Waals surface area (Å²) in [5, 5.41) is 3.08. The third-order valence-corrected chi connectivity index (χ3v) is 3.73. The van der Waals surface area contributed by atoms with Gasteiger partial charge in [0.1, 0.15) is 5.82 Å². The van der Waals surface area contributed by atoms with Crippen molar-refractivity contribution in [3.8, 4) is 0 Å². The fraction of sp³-hybridized carbons (Fsp3) is 0.562. The summed E-state index contributed by atoms with van der Waals surface area (Å²) in [7, 11) is 0. The van der Waals surface area contributed by atoms with Crippen LogP contribution in [-0.2, 0) is 4.74 Å². The summed E-state index contributed by atoms with van der Waals surface area (Å²) in [5.41, 5.74) is 6.93. The second-order valence-electron chi connectivity index (χ2n) is 5.37. The molecule has 1 aromatic carbocycles. The molecule has 5 nitrogen and oxygen atoms in total. The molecule has 1 saturated heterocycles. The molecule has 1 atom stereocenters. The molecular weight excluding hydrogens is 410 g/mol. The number of hydrogen-bond donors (Lipinski definition) is 2. The Morgan fingerprint density at radius 3 is 2.61 bits per heavy atom. The lowest BCUT2D eigenvalue weighted by atomic mass is 10.0. The second-order valence-corrected chi connectivity index (χ2v) is 5.37. The Kier molecular flexibility index (Phi) is 9.42. The van der Waals surface area contributed by atoms with Crippen molar-refractivity contribution in [3.05, 3.63) is 35.6 Å². The number of ether oxygens (including phenoxy) is 1. The van der Waals surface area contributed by atoms with Gasteiger partial charge in [-0.1, -0.05) is 19.1 Å². The van der Waals surface area contributed by atoms with E-state index in [1.165, 1.54) is 12.1 Å². The molecule has 130 valence electrons. The van der Waals surface area contributed by atoms with E-state index in [4.69, 9.17) is 10.5 Å². The zero-order valence-corrected chi connectivity index (χ0v) is 15.8. The molecule has 1 heterocycles. The van der Waals surface area contributed by atoms with Crippen LogP contribution in [0.2, 0.25) is 0 Å². The summed E-state index contributed by atoms with van der Waals surface area (Å²) in [6.07, 6.45) is 1.00. The number of benzene rings is 1. The van der Waals surface area contributed by atoms with Gasteiger partial charge in [-0.05, 0) is 24.1 Å². The Balaban J connectivity index is 0.00000264. The van der Waals surface area contributed by atoms with Crippen molar-refractivity contribution in [1.82, 2.24) is 10.2 Å². The normalized spacial score (nSPS) is 17.4. The maximum atomic E-state index is 13.2. The Labute approximate surface area is 154 Å².